The molecule has 0 saturated carbocycles. The van der Waals surface area contributed by atoms with E-state index in [0.717, 1.165) is 0 Å². The first-order chi connectivity index (χ1) is 3.35. The van der Waals surface area contributed by atoms with E-state index in [0.29, 0.717) is 0 Å². The molecule has 0 fully saturated rings. The van der Waals surface area contributed by atoms with Crippen molar-refractivity contribution in [1.29, 1.82) is 0 Å². The molecule has 0 aliphatic heterocycles. The molecule has 0 N–H and O–H groups in total. The summed E-state index contributed by atoms with van der Waals surface area (Å²) in [6.45, 7) is 9.57. The molecule has 0 amide bonds. The van der Waals surface area contributed by atoms with Gasteiger partial charge in [-0.3, -0.25) is 0 Å². The van der Waals surface area contributed by atoms with Crippen molar-refractivity contribution in [2.24, 2.45) is 0 Å². The van der Waals surface area contributed by atoms with Gasteiger partial charge in [0.05, 0.1) is 8.80 Å². The molecule has 0 atom stereocenters. The van der Waals surface area contributed by atoms with Crippen molar-refractivity contribution in [2.45, 2.75) is 13.0 Å². The average Bonchev–Trinajstić information content (AvgIpc) is 1.72. The largest absolute Gasteiger partial charge is 0.107 e. The zero-order chi connectivity index (χ0) is 5.70. The lowest BCUT2D eigenvalue weighted by molar-refractivity contribution is 1.44. The average molecular weight is 112 g/mol. The molecule has 0 saturated heterocycles. The van der Waals surface area contributed by atoms with Gasteiger partial charge < -0.3 is 0 Å². The summed E-state index contributed by atoms with van der Waals surface area (Å²) in [7, 11) is -0.644. The minimum atomic E-state index is -0.644. The highest BCUT2D eigenvalue weighted by atomic mass is 28.3. The van der Waals surface area contributed by atoms with Crippen molar-refractivity contribution >= 4 is 8.80 Å². The maximum Gasteiger partial charge on any atom is 0.0835 e. The van der Waals surface area contributed by atoms with E-state index in [2.05, 4.69) is 20.1 Å². The molecule has 0 aromatic heterocycles. The molecule has 0 aliphatic carbocycles. The van der Waals surface area contributed by atoms with Crippen LogP contribution in [0.5, 0.6) is 0 Å². The SMILES string of the molecule is C=C[SiH](C=C)CC. The van der Waals surface area contributed by atoms with E-state index < -0.39 is 8.80 Å². The van der Waals surface area contributed by atoms with Gasteiger partial charge in [0.15, 0.2) is 0 Å². The Balaban J connectivity index is 3.36. The summed E-state index contributed by atoms with van der Waals surface area (Å²) >= 11 is 0. The Morgan fingerprint density at radius 2 is 1.86 bits per heavy atom. The minimum absolute atomic E-state index is 0.644. The highest BCUT2D eigenvalue weighted by Gasteiger charge is 1.91. The normalized spacial score (nSPS) is 8.86. The van der Waals surface area contributed by atoms with E-state index in [1.54, 1.807) is 0 Å². The Labute approximate surface area is 47.2 Å². The van der Waals surface area contributed by atoms with Gasteiger partial charge in [0.2, 0.25) is 0 Å². The predicted molar refractivity (Wildman–Crippen MR) is 38.0 cm³/mol. The highest BCUT2D eigenvalue weighted by Crippen LogP contribution is 1.90. The van der Waals surface area contributed by atoms with Gasteiger partial charge in [-0.2, -0.15) is 0 Å². The molecule has 0 rings (SSSR count). The van der Waals surface area contributed by atoms with Gasteiger partial charge in [0, 0.05) is 0 Å². The van der Waals surface area contributed by atoms with Crippen LogP contribution >= 0.6 is 0 Å². The van der Waals surface area contributed by atoms with Gasteiger partial charge in [-0.1, -0.05) is 13.0 Å². The summed E-state index contributed by atoms with van der Waals surface area (Å²) in [5.41, 5.74) is 4.10. The smallest absolute Gasteiger partial charge is 0.0835 e. The van der Waals surface area contributed by atoms with Crippen LogP contribution in [0.1, 0.15) is 6.92 Å². The molecule has 0 bridgehead atoms. The van der Waals surface area contributed by atoms with E-state index in [-0.39, 0.29) is 0 Å². The first-order valence-electron chi connectivity index (χ1n) is 2.60. The first-order valence-corrected chi connectivity index (χ1v) is 4.75. The van der Waals surface area contributed by atoms with Gasteiger partial charge in [0.1, 0.15) is 0 Å². The summed E-state index contributed by atoms with van der Waals surface area (Å²) in [4.78, 5) is 0. The Morgan fingerprint density at radius 1 is 1.43 bits per heavy atom. The number of hydrogen-bond acceptors (Lipinski definition) is 0. The Kier molecular flexibility index (Phi) is 3.70. The molecule has 0 heterocycles. The Morgan fingerprint density at radius 3 is 1.86 bits per heavy atom. The van der Waals surface area contributed by atoms with Crippen molar-refractivity contribution in [1.82, 2.24) is 0 Å². The topological polar surface area (TPSA) is 0 Å². The fourth-order valence-corrected chi connectivity index (χ4v) is 1.29. The maximum absolute atomic E-state index is 3.69. The zero-order valence-corrected chi connectivity index (χ0v) is 6.01. The lowest BCUT2D eigenvalue weighted by Gasteiger charge is -1.94. The Hall–Kier alpha value is -0.303. The van der Waals surface area contributed by atoms with Crippen LogP contribution in [-0.2, 0) is 0 Å². The molecular weight excluding hydrogens is 100 g/mol. The second-order valence-electron chi connectivity index (χ2n) is 1.54. The van der Waals surface area contributed by atoms with E-state index in [4.69, 9.17) is 0 Å². The fraction of sp³-hybridized carbons (Fsp3) is 0.333. The number of hydrogen-bond donors (Lipinski definition) is 0. The maximum atomic E-state index is 3.69. The van der Waals surface area contributed by atoms with E-state index in [1.165, 1.54) is 6.04 Å². The zero-order valence-electron chi connectivity index (χ0n) is 4.85. The third-order valence-corrected chi connectivity index (χ3v) is 3.23. The molecular formula is C6H12Si. The summed E-state index contributed by atoms with van der Waals surface area (Å²) < 4.78 is 0. The molecule has 0 spiro atoms. The van der Waals surface area contributed by atoms with E-state index in [9.17, 15) is 0 Å². The van der Waals surface area contributed by atoms with E-state index in [1.807, 2.05) is 11.4 Å². The summed E-state index contributed by atoms with van der Waals surface area (Å²) in [6, 6.07) is 1.26. The monoisotopic (exact) mass is 112 g/mol. The standard InChI is InChI=1S/C6H12Si/c1-4-7(5-2)6-3/h4-5,7H,1-2,6H2,3H3. The third-order valence-electron chi connectivity index (χ3n) is 1.08. The quantitative estimate of drug-likeness (QED) is 0.487. The lowest BCUT2D eigenvalue weighted by Crippen LogP contribution is -2.00. The van der Waals surface area contributed by atoms with Gasteiger partial charge in [-0.15, -0.1) is 24.6 Å². The van der Waals surface area contributed by atoms with Crippen molar-refractivity contribution in [3.05, 3.63) is 24.6 Å². The van der Waals surface area contributed by atoms with Gasteiger partial charge >= 0.3 is 0 Å². The molecule has 0 radical (unpaired) electrons. The fourth-order valence-electron chi connectivity index (χ4n) is 0.430. The second-order valence-corrected chi connectivity index (χ2v) is 4.63. The van der Waals surface area contributed by atoms with Crippen LogP contribution in [0, 0.1) is 0 Å². The summed E-state index contributed by atoms with van der Waals surface area (Å²) in [5, 5.41) is 0. The molecule has 0 aromatic carbocycles. The van der Waals surface area contributed by atoms with Gasteiger partial charge in [0.25, 0.3) is 0 Å². The van der Waals surface area contributed by atoms with Crippen molar-refractivity contribution in [3.63, 3.8) is 0 Å². The third kappa shape index (κ3) is 2.40. The molecule has 40 valence electrons. The van der Waals surface area contributed by atoms with Crippen LogP contribution in [-0.4, -0.2) is 8.80 Å². The van der Waals surface area contributed by atoms with E-state index >= 15 is 0 Å². The molecule has 0 nitrogen and oxygen atoms in total. The van der Waals surface area contributed by atoms with Crippen LogP contribution in [0.4, 0.5) is 0 Å². The second kappa shape index (κ2) is 3.87. The molecule has 0 aromatic rings. The van der Waals surface area contributed by atoms with Crippen LogP contribution in [0.25, 0.3) is 0 Å². The predicted octanol–water partition coefficient (Wildman–Crippen LogP) is 1.68. The van der Waals surface area contributed by atoms with Crippen LogP contribution < -0.4 is 0 Å². The van der Waals surface area contributed by atoms with Crippen molar-refractivity contribution in [2.75, 3.05) is 0 Å². The molecule has 7 heavy (non-hydrogen) atoms. The highest BCUT2D eigenvalue weighted by molar-refractivity contribution is 6.69. The van der Waals surface area contributed by atoms with Crippen molar-refractivity contribution < 1.29 is 0 Å². The Bertz CT molecular complexity index is 58.6. The molecule has 1 heteroatoms. The molecule has 0 aliphatic rings. The van der Waals surface area contributed by atoms with Crippen molar-refractivity contribution in [3.8, 4) is 0 Å². The first kappa shape index (κ1) is 6.70. The van der Waals surface area contributed by atoms with Crippen LogP contribution in [0.3, 0.4) is 0 Å². The van der Waals surface area contributed by atoms with Crippen LogP contribution in [0.15, 0.2) is 24.6 Å². The number of rotatable bonds is 3. The van der Waals surface area contributed by atoms with Crippen LogP contribution in [0.2, 0.25) is 6.04 Å². The summed E-state index contributed by atoms with van der Waals surface area (Å²) in [5.74, 6) is 0. The molecule has 0 unspecified atom stereocenters. The van der Waals surface area contributed by atoms with Gasteiger partial charge in [-0.25, -0.2) is 0 Å². The minimum Gasteiger partial charge on any atom is -0.107 e. The van der Waals surface area contributed by atoms with Gasteiger partial charge in [-0.05, 0) is 0 Å². The lowest BCUT2D eigenvalue weighted by atomic mass is 11.0. The summed E-state index contributed by atoms with van der Waals surface area (Å²) in [6.07, 6.45) is 0.